The van der Waals surface area contributed by atoms with Gasteiger partial charge in [-0.3, -0.25) is 0 Å². The Balaban J connectivity index is 1.43. The minimum absolute atomic E-state index is 0.520. The molecule has 2 heteroatoms. The number of hydrogen-bond donors (Lipinski definition) is 0. The molecule has 2 heterocycles. The Morgan fingerprint density at radius 1 is 0.643 bits per heavy atom. The molecule has 0 bridgehead atoms. The van der Waals surface area contributed by atoms with E-state index in [4.69, 9.17) is 4.42 Å². The van der Waals surface area contributed by atoms with Crippen LogP contribution in [-0.4, -0.2) is 5.25 Å². The Morgan fingerprint density at radius 3 is 2.17 bits per heavy atom. The molecule has 2 atom stereocenters. The van der Waals surface area contributed by atoms with Crippen molar-refractivity contribution in [3.05, 3.63) is 132 Å². The van der Waals surface area contributed by atoms with Crippen LogP contribution in [0.2, 0.25) is 0 Å². The lowest BCUT2D eigenvalue weighted by Gasteiger charge is -2.27. The second kappa shape index (κ2) is 9.64. The topological polar surface area (TPSA) is 13.1 Å². The standard InChI is InChI=1S/C40H30OS/c1-3-13-25(14-4-1)33-23-32-34(41-33)24-36-39(31-21-11-12-22-35(31)42-36)40(32)38-29-19-9-7-17-27(29)37(26-15-5-2-6-16-26)28-18-8-10-20-30(28)38/h1-9,11-19,23-24,31,35H,10,20-22H2. The van der Waals surface area contributed by atoms with Gasteiger partial charge in [-0.25, -0.2) is 0 Å². The number of thioether (sulfide) groups is 1. The molecule has 0 fully saturated rings. The molecule has 202 valence electrons. The summed E-state index contributed by atoms with van der Waals surface area (Å²) in [5.41, 5.74) is 12.0. The molecule has 2 aliphatic carbocycles. The molecule has 0 saturated heterocycles. The van der Waals surface area contributed by atoms with Crippen molar-refractivity contribution in [2.45, 2.75) is 41.7 Å². The van der Waals surface area contributed by atoms with E-state index in [1.54, 1.807) is 0 Å². The van der Waals surface area contributed by atoms with Gasteiger partial charge in [0.2, 0.25) is 0 Å². The summed E-state index contributed by atoms with van der Waals surface area (Å²) in [6.07, 6.45) is 13.9. The first kappa shape index (κ1) is 24.3. The van der Waals surface area contributed by atoms with Crippen LogP contribution in [-0.2, 0) is 6.42 Å². The third-order valence-corrected chi connectivity index (χ3v) is 10.8. The summed E-state index contributed by atoms with van der Waals surface area (Å²) in [5, 5.41) is 4.52. The summed E-state index contributed by atoms with van der Waals surface area (Å²) in [5.74, 6) is 1.46. The maximum atomic E-state index is 6.70. The van der Waals surface area contributed by atoms with E-state index in [1.807, 2.05) is 0 Å². The van der Waals surface area contributed by atoms with E-state index in [9.17, 15) is 0 Å². The number of allylic oxidation sites excluding steroid dienone is 3. The highest BCUT2D eigenvalue weighted by Gasteiger charge is 2.38. The quantitative estimate of drug-likeness (QED) is 0.200. The Labute approximate surface area is 250 Å². The van der Waals surface area contributed by atoms with Crippen LogP contribution in [0.4, 0.5) is 0 Å². The smallest absolute Gasteiger partial charge is 0.136 e. The van der Waals surface area contributed by atoms with Gasteiger partial charge in [0.1, 0.15) is 11.3 Å². The van der Waals surface area contributed by atoms with Gasteiger partial charge < -0.3 is 4.42 Å². The van der Waals surface area contributed by atoms with Gasteiger partial charge >= 0.3 is 0 Å². The largest absolute Gasteiger partial charge is 0.456 e. The van der Waals surface area contributed by atoms with Crippen LogP contribution >= 0.6 is 11.8 Å². The fraction of sp³-hybridized carbons (Fsp3) is 0.150. The Kier molecular flexibility index (Phi) is 5.59. The Bertz CT molecular complexity index is 2060. The number of hydrogen-bond acceptors (Lipinski definition) is 2. The van der Waals surface area contributed by atoms with Crippen molar-refractivity contribution in [1.29, 1.82) is 0 Å². The first-order chi connectivity index (χ1) is 20.8. The average molecular weight is 559 g/mol. The van der Waals surface area contributed by atoms with Crippen molar-refractivity contribution in [2.75, 3.05) is 0 Å². The van der Waals surface area contributed by atoms with E-state index < -0.39 is 0 Å². The second-order valence-electron chi connectivity index (χ2n) is 11.8. The minimum Gasteiger partial charge on any atom is -0.456 e. The zero-order chi connectivity index (χ0) is 27.6. The number of rotatable bonds is 3. The van der Waals surface area contributed by atoms with Crippen LogP contribution in [0.3, 0.4) is 0 Å². The molecule has 9 rings (SSSR count). The van der Waals surface area contributed by atoms with E-state index in [-0.39, 0.29) is 0 Å². The van der Waals surface area contributed by atoms with Crippen molar-refractivity contribution < 1.29 is 4.42 Å². The third kappa shape index (κ3) is 3.65. The highest BCUT2D eigenvalue weighted by atomic mass is 32.2. The van der Waals surface area contributed by atoms with Gasteiger partial charge in [0.05, 0.1) is 0 Å². The summed E-state index contributed by atoms with van der Waals surface area (Å²) in [6, 6.07) is 35.3. The first-order valence-corrected chi connectivity index (χ1v) is 16.0. The molecule has 0 amide bonds. The predicted octanol–water partition coefficient (Wildman–Crippen LogP) is 11.5. The molecule has 0 N–H and O–H groups in total. The van der Waals surface area contributed by atoms with Crippen molar-refractivity contribution in [3.8, 4) is 33.6 Å². The van der Waals surface area contributed by atoms with Gasteiger partial charge in [-0.15, -0.1) is 11.8 Å². The van der Waals surface area contributed by atoms with Crippen molar-refractivity contribution in [1.82, 2.24) is 0 Å². The van der Waals surface area contributed by atoms with E-state index in [1.165, 1.54) is 60.0 Å². The van der Waals surface area contributed by atoms with E-state index in [2.05, 4.69) is 133 Å². The van der Waals surface area contributed by atoms with Gasteiger partial charge in [0.25, 0.3) is 0 Å². The SMILES string of the molecule is C1=Cc2c(c(-c3c4c(cc5oc(-c6ccccc6)cc35)SC3CC=CCC43)c3ccccc3c2-c2ccccc2)CC1. The zero-order valence-electron chi connectivity index (χ0n) is 23.3. The van der Waals surface area contributed by atoms with Gasteiger partial charge in [-0.2, -0.15) is 0 Å². The lowest BCUT2D eigenvalue weighted by atomic mass is 9.76. The summed E-state index contributed by atoms with van der Waals surface area (Å²) in [4.78, 5) is 1.40. The van der Waals surface area contributed by atoms with Gasteiger partial charge in [-0.1, -0.05) is 109 Å². The summed E-state index contributed by atoms with van der Waals surface area (Å²) < 4.78 is 6.70. The monoisotopic (exact) mass is 558 g/mol. The van der Waals surface area contributed by atoms with E-state index in [0.29, 0.717) is 11.2 Å². The predicted molar refractivity (Wildman–Crippen MR) is 178 cm³/mol. The van der Waals surface area contributed by atoms with Crippen LogP contribution in [0, 0.1) is 0 Å². The van der Waals surface area contributed by atoms with Gasteiger partial charge in [0, 0.05) is 27.0 Å². The highest BCUT2D eigenvalue weighted by Crippen LogP contribution is 2.58. The van der Waals surface area contributed by atoms with E-state index in [0.717, 1.165) is 42.6 Å². The Morgan fingerprint density at radius 2 is 1.36 bits per heavy atom. The molecule has 3 aliphatic rings. The lowest BCUT2D eigenvalue weighted by Crippen LogP contribution is -2.13. The maximum Gasteiger partial charge on any atom is 0.136 e. The normalized spacial score (nSPS) is 18.8. The summed E-state index contributed by atoms with van der Waals surface area (Å²) >= 11 is 2.07. The number of furan rings is 1. The molecule has 1 aromatic heterocycles. The van der Waals surface area contributed by atoms with Crippen LogP contribution in [0.1, 0.15) is 41.9 Å². The second-order valence-corrected chi connectivity index (χ2v) is 13.0. The van der Waals surface area contributed by atoms with Gasteiger partial charge in [-0.05, 0) is 87.5 Å². The van der Waals surface area contributed by atoms with Crippen LogP contribution in [0.25, 0.3) is 61.4 Å². The third-order valence-electron chi connectivity index (χ3n) is 9.43. The van der Waals surface area contributed by atoms with Crippen LogP contribution in [0.5, 0.6) is 0 Å². The molecule has 1 nitrogen and oxygen atoms in total. The maximum absolute atomic E-state index is 6.70. The van der Waals surface area contributed by atoms with Crippen molar-refractivity contribution >= 4 is 39.6 Å². The fourth-order valence-electron chi connectivity index (χ4n) is 7.62. The van der Waals surface area contributed by atoms with Gasteiger partial charge in [0.15, 0.2) is 0 Å². The molecule has 42 heavy (non-hydrogen) atoms. The molecular formula is C40H30OS. The number of fused-ring (bicyclic) bond motifs is 6. The zero-order valence-corrected chi connectivity index (χ0v) is 24.2. The molecule has 0 radical (unpaired) electrons. The van der Waals surface area contributed by atoms with Crippen molar-refractivity contribution in [3.63, 3.8) is 0 Å². The van der Waals surface area contributed by atoms with Crippen molar-refractivity contribution in [2.24, 2.45) is 0 Å². The molecule has 6 aromatic rings. The average Bonchev–Trinajstić information content (AvgIpc) is 3.65. The Hall–Kier alpha value is -4.27. The molecule has 1 aliphatic heterocycles. The van der Waals surface area contributed by atoms with E-state index >= 15 is 0 Å². The highest BCUT2D eigenvalue weighted by molar-refractivity contribution is 8.00. The molecule has 5 aromatic carbocycles. The molecule has 0 spiro atoms. The molecule has 2 unspecified atom stereocenters. The lowest BCUT2D eigenvalue weighted by molar-refractivity contribution is 0.628. The number of benzene rings is 5. The minimum atomic E-state index is 0.520. The summed E-state index contributed by atoms with van der Waals surface area (Å²) in [6.45, 7) is 0. The van der Waals surface area contributed by atoms with Crippen LogP contribution < -0.4 is 0 Å². The summed E-state index contributed by atoms with van der Waals surface area (Å²) in [7, 11) is 0. The first-order valence-electron chi connectivity index (χ1n) is 15.1. The van der Waals surface area contributed by atoms with Crippen LogP contribution in [0.15, 0.2) is 125 Å². The molecule has 0 saturated carbocycles. The fourth-order valence-corrected chi connectivity index (χ4v) is 9.13. The molecular weight excluding hydrogens is 529 g/mol.